The third-order valence-corrected chi connectivity index (χ3v) is 6.12. The van der Waals surface area contributed by atoms with Gasteiger partial charge in [0, 0.05) is 33.6 Å². The maximum Gasteiger partial charge on any atom is 0.332 e. The van der Waals surface area contributed by atoms with E-state index in [0.29, 0.717) is 30.7 Å². The summed E-state index contributed by atoms with van der Waals surface area (Å²) in [5.41, 5.74) is -1.41. The highest BCUT2D eigenvalue weighted by Gasteiger charge is 2.56. The maximum absolute atomic E-state index is 12.4. The molecular weight excluding hydrogens is 410 g/mol. The van der Waals surface area contributed by atoms with Crippen LogP contribution in [0.2, 0.25) is 0 Å². The van der Waals surface area contributed by atoms with Crippen LogP contribution in [0.25, 0.3) is 11.2 Å². The lowest BCUT2D eigenvalue weighted by atomic mass is 9.90. The number of rotatable bonds is 8. The number of hydrogen-bond donors (Lipinski definition) is 4. The Balaban J connectivity index is 1.27. The molecule has 31 heavy (non-hydrogen) atoms. The Hall–Kier alpha value is -2.09. The van der Waals surface area contributed by atoms with Crippen LogP contribution in [-0.4, -0.2) is 90.3 Å². The summed E-state index contributed by atoms with van der Waals surface area (Å²) >= 11 is 0. The fraction of sp³-hybridized carbons (Fsp3) is 0.737. The van der Waals surface area contributed by atoms with Crippen molar-refractivity contribution in [1.29, 1.82) is 0 Å². The number of ether oxygens (including phenoxy) is 2. The molecule has 2 aromatic rings. The molecule has 172 valence electrons. The van der Waals surface area contributed by atoms with E-state index in [-0.39, 0.29) is 31.7 Å². The lowest BCUT2D eigenvalue weighted by Gasteiger charge is -2.29. The standard InChI is InChI=1S/C19H29N5O7/c1-22-16-13(17(27)23(2)18(22)28)24(10-21-16)5-3-4-20-7-11(25)6-19(29)9-31-14-12(26)8-30-15(14)19/h10-12,14-15,20,25-26,29H,3-9H2,1-2H3/t11?,12-,14-,15+,19+/m1/s1. The third-order valence-electron chi connectivity index (χ3n) is 6.12. The quantitative estimate of drug-likeness (QED) is 0.316. The zero-order valence-corrected chi connectivity index (χ0v) is 17.6. The summed E-state index contributed by atoms with van der Waals surface area (Å²) in [6.45, 7) is 1.48. The molecule has 0 spiro atoms. The van der Waals surface area contributed by atoms with Gasteiger partial charge in [0.25, 0.3) is 5.56 Å². The average Bonchev–Trinajstić information content (AvgIpc) is 3.41. The van der Waals surface area contributed by atoms with E-state index >= 15 is 0 Å². The van der Waals surface area contributed by atoms with Crippen LogP contribution >= 0.6 is 0 Å². The molecule has 4 rings (SSSR count). The van der Waals surface area contributed by atoms with Crippen LogP contribution in [-0.2, 0) is 30.1 Å². The molecule has 0 amide bonds. The second-order valence-corrected chi connectivity index (χ2v) is 8.43. The van der Waals surface area contributed by atoms with Crippen molar-refractivity contribution >= 4 is 11.2 Å². The molecule has 0 aromatic carbocycles. The van der Waals surface area contributed by atoms with Gasteiger partial charge in [0.2, 0.25) is 0 Å². The Labute approximate surface area is 177 Å². The molecular formula is C19H29N5O7. The van der Waals surface area contributed by atoms with Gasteiger partial charge in [0.05, 0.1) is 25.6 Å². The molecule has 5 atom stereocenters. The van der Waals surface area contributed by atoms with Crippen LogP contribution in [0.4, 0.5) is 0 Å². The molecule has 12 heteroatoms. The van der Waals surface area contributed by atoms with Crippen molar-refractivity contribution < 1.29 is 24.8 Å². The largest absolute Gasteiger partial charge is 0.392 e. The van der Waals surface area contributed by atoms with E-state index in [1.807, 2.05) is 0 Å². The molecule has 2 fully saturated rings. The summed E-state index contributed by atoms with van der Waals surface area (Å²) < 4.78 is 15.0. The van der Waals surface area contributed by atoms with Crippen molar-refractivity contribution in [1.82, 2.24) is 24.0 Å². The van der Waals surface area contributed by atoms with E-state index in [9.17, 15) is 24.9 Å². The summed E-state index contributed by atoms with van der Waals surface area (Å²) in [4.78, 5) is 28.6. The number of hydrogen-bond acceptors (Lipinski definition) is 9. The van der Waals surface area contributed by atoms with E-state index in [2.05, 4.69) is 10.3 Å². The molecule has 2 aromatic heterocycles. The van der Waals surface area contributed by atoms with Crippen LogP contribution < -0.4 is 16.6 Å². The van der Waals surface area contributed by atoms with Crippen molar-refractivity contribution in [3.63, 3.8) is 0 Å². The van der Waals surface area contributed by atoms with Gasteiger partial charge in [0.1, 0.15) is 23.9 Å². The summed E-state index contributed by atoms with van der Waals surface area (Å²) in [6.07, 6.45) is -0.477. The topological polar surface area (TPSA) is 153 Å². The second-order valence-electron chi connectivity index (χ2n) is 8.43. The zero-order chi connectivity index (χ0) is 22.3. The summed E-state index contributed by atoms with van der Waals surface area (Å²) in [5, 5.41) is 34.0. The fourth-order valence-electron chi connectivity index (χ4n) is 4.44. The molecule has 2 aliphatic heterocycles. The first-order valence-electron chi connectivity index (χ1n) is 10.4. The van der Waals surface area contributed by atoms with E-state index < -0.39 is 35.7 Å². The molecule has 4 heterocycles. The van der Waals surface area contributed by atoms with E-state index in [0.717, 1.165) is 4.57 Å². The molecule has 12 nitrogen and oxygen atoms in total. The number of nitrogens with one attached hydrogen (secondary N) is 1. The smallest absolute Gasteiger partial charge is 0.332 e. The first-order chi connectivity index (χ1) is 14.7. The first kappa shape index (κ1) is 22.1. The van der Waals surface area contributed by atoms with Gasteiger partial charge in [-0.1, -0.05) is 0 Å². The minimum Gasteiger partial charge on any atom is -0.392 e. The van der Waals surface area contributed by atoms with Gasteiger partial charge in [0.15, 0.2) is 11.2 Å². The van der Waals surface area contributed by atoms with Gasteiger partial charge in [-0.2, -0.15) is 0 Å². The Bertz CT molecular complexity index is 1060. The Morgan fingerprint density at radius 3 is 2.87 bits per heavy atom. The van der Waals surface area contributed by atoms with Crippen LogP contribution in [0, 0.1) is 0 Å². The predicted molar refractivity (Wildman–Crippen MR) is 109 cm³/mol. The van der Waals surface area contributed by atoms with E-state index in [4.69, 9.17) is 9.47 Å². The van der Waals surface area contributed by atoms with Gasteiger partial charge in [-0.05, 0) is 13.0 Å². The van der Waals surface area contributed by atoms with Crippen molar-refractivity contribution in [2.24, 2.45) is 14.1 Å². The summed E-state index contributed by atoms with van der Waals surface area (Å²) in [6, 6.07) is 0. The number of aryl methyl sites for hydroxylation is 2. The van der Waals surface area contributed by atoms with Gasteiger partial charge < -0.3 is 34.7 Å². The fourth-order valence-corrected chi connectivity index (χ4v) is 4.44. The number of aromatic nitrogens is 4. The van der Waals surface area contributed by atoms with Crippen molar-refractivity contribution in [2.75, 3.05) is 26.3 Å². The van der Waals surface area contributed by atoms with Crippen LogP contribution in [0.1, 0.15) is 12.8 Å². The highest BCUT2D eigenvalue weighted by molar-refractivity contribution is 5.69. The van der Waals surface area contributed by atoms with Crippen molar-refractivity contribution in [3.05, 3.63) is 27.2 Å². The average molecular weight is 439 g/mol. The maximum atomic E-state index is 12.4. The summed E-state index contributed by atoms with van der Waals surface area (Å²) in [5.74, 6) is 0. The molecule has 2 aliphatic rings. The lowest BCUT2D eigenvalue weighted by Crippen LogP contribution is -2.47. The normalized spacial score (nSPS) is 29.0. The van der Waals surface area contributed by atoms with Crippen LogP contribution in [0.15, 0.2) is 15.9 Å². The number of aliphatic hydroxyl groups is 3. The Kier molecular flexibility index (Phi) is 6.03. The van der Waals surface area contributed by atoms with Crippen LogP contribution in [0.3, 0.4) is 0 Å². The number of aliphatic hydroxyl groups excluding tert-OH is 2. The Morgan fingerprint density at radius 2 is 2.10 bits per heavy atom. The third kappa shape index (κ3) is 3.95. The van der Waals surface area contributed by atoms with Gasteiger partial charge >= 0.3 is 5.69 Å². The van der Waals surface area contributed by atoms with Gasteiger partial charge in [-0.3, -0.25) is 13.9 Å². The molecule has 2 saturated heterocycles. The monoisotopic (exact) mass is 439 g/mol. The summed E-state index contributed by atoms with van der Waals surface area (Å²) in [7, 11) is 3.01. The van der Waals surface area contributed by atoms with Crippen molar-refractivity contribution in [3.8, 4) is 0 Å². The SMILES string of the molecule is Cn1c(=O)c2c(ncn2CCCNCC(O)C[C@]2(O)CO[C@@H]3[C@H](O)CO[C@@H]32)n(C)c1=O. The van der Waals surface area contributed by atoms with Crippen LogP contribution in [0.5, 0.6) is 0 Å². The number of nitrogens with zero attached hydrogens (tertiary/aromatic N) is 4. The van der Waals surface area contributed by atoms with E-state index in [1.165, 1.54) is 11.6 Å². The highest BCUT2D eigenvalue weighted by Crippen LogP contribution is 2.36. The number of fused-ring (bicyclic) bond motifs is 2. The first-order valence-corrected chi connectivity index (χ1v) is 10.4. The second kappa shape index (κ2) is 8.45. The van der Waals surface area contributed by atoms with Crippen molar-refractivity contribution in [2.45, 2.75) is 49.4 Å². The van der Waals surface area contributed by atoms with Gasteiger partial charge in [-0.25, -0.2) is 9.78 Å². The minimum atomic E-state index is -1.32. The lowest BCUT2D eigenvalue weighted by molar-refractivity contribution is -0.0913. The zero-order valence-electron chi connectivity index (χ0n) is 17.6. The predicted octanol–water partition coefficient (Wildman–Crippen LogP) is -2.95. The molecule has 0 aliphatic carbocycles. The Morgan fingerprint density at radius 1 is 1.32 bits per heavy atom. The molecule has 1 unspecified atom stereocenters. The minimum absolute atomic E-state index is 0.0155. The molecule has 0 radical (unpaired) electrons. The molecule has 4 N–H and O–H groups in total. The van der Waals surface area contributed by atoms with Gasteiger partial charge in [-0.15, -0.1) is 0 Å². The molecule has 0 saturated carbocycles. The molecule has 0 bridgehead atoms. The highest BCUT2D eigenvalue weighted by atomic mass is 16.6. The number of imidazole rings is 1. The van der Waals surface area contributed by atoms with E-state index in [1.54, 1.807) is 17.9 Å².